The zero-order chi connectivity index (χ0) is 18.9. The van der Waals surface area contributed by atoms with Crippen LogP contribution in [0.4, 0.5) is 11.4 Å². The number of rotatable bonds is 7. The molecule has 0 saturated heterocycles. The van der Waals surface area contributed by atoms with E-state index in [1.807, 2.05) is 25.1 Å². The zero-order valence-electron chi connectivity index (χ0n) is 14.3. The van der Waals surface area contributed by atoms with E-state index in [0.29, 0.717) is 5.56 Å². The minimum Gasteiger partial charge on any atom is -0.343 e. The number of aryl methyl sites for hydroxylation is 1. The Balaban J connectivity index is 1.87. The molecule has 0 saturated carbocycles. The average molecular weight is 353 g/mol. The Morgan fingerprint density at radius 2 is 1.92 bits per heavy atom. The number of amides is 2. The first-order chi connectivity index (χ1) is 12.5. The number of hydrogen-bond donors (Lipinski definition) is 2. The van der Waals surface area contributed by atoms with Crippen molar-refractivity contribution < 1.29 is 14.5 Å². The van der Waals surface area contributed by atoms with E-state index in [1.165, 1.54) is 30.4 Å². The van der Waals surface area contributed by atoms with Crippen molar-refractivity contribution in [3.63, 3.8) is 0 Å². The van der Waals surface area contributed by atoms with Crippen LogP contribution in [0.5, 0.6) is 0 Å². The van der Waals surface area contributed by atoms with Crippen molar-refractivity contribution in [1.82, 2.24) is 5.32 Å². The second-order valence-electron chi connectivity index (χ2n) is 5.46. The molecule has 2 aromatic rings. The van der Waals surface area contributed by atoms with Gasteiger partial charge in [0.15, 0.2) is 0 Å². The number of anilines is 1. The Morgan fingerprint density at radius 3 is 2.65 bits per heavy atom. The third kappa shape index (κ3) is 5.55. The van der Waals surface area contributed by atoms with Gasteiger partial charge < -0.3 is 10.6 Å². The van der Waals surface area contributed by atoms with Crippen molar-refractivity contribution in [3.8, 4) is 0 Å². The van der Waals surface area contributed by atoms with E-state index in [1.54, 1.807) is 12.1 Å². The zero-order valence-corrected chi connectivity index (χ0v) is 14.3. The molecule has 0 bridgehead atoms. The van der Waals surface area contributed by atoms with Crippen LogP contribution < -0.4 is 10.6 Å². The fourth-order valence-corrected chi connectivity index (χ4v) is 2.29. The Bertz CT molecular complexity index is 846. The fourth-order valence-electron chi connectivity index (χ4n) is 2.29. The van der Waals surface area contributed by atoms with Crippen LogP contribution in [0.15, 0.2) is 54.6 Å². The Labute approximate surface area is 150 Å². The number of nitro benzene ring substituents is 1. The summed E-state index contributed by atoms with van der Waals surface area (Å²) in [5.41, 5.74) is 2.20. The summed E-state index contributed by atoms with van der Waals surface area (Å²) in [4.78, 5) is 34.0. The van der Waals surface area contributed by atoms with Crippen molar-refractivity contribution >= 4 is 29.3 Å². The largest absolute Gasteiger partial charge is 0.343 e. The van der Waals surface area contributed by atoms with Gasteiger partial charge in [-0.1, -0.05) is 37.3 Å². The Morgan fingerprint density at radius 1 is 1.15 bits per heavy atom. The van der Waals surface area contributed by atoms with Gasteiger partial charge in [0.05, 0.1) is 11.5 Å². The summed E-state index contributed by atoms with van der Waals surface area (Å²) in [5, 5.41) is 16.0. The van der Waals surface area contributed by atoms with Crippen LogP contribution in [0.25, 0.3) is 6.08 Å². The van der Waals surface area contributed by atoms with E-state index in [-0.39, 0.29) is 18.1 Å². The van der Waals surface area contributed by atoms with Crippen LogP contribution in [0.3, 0.4) is 0 Å². The van der Waals surface area contributed by atoms with Crippen LogP contribution in [0.1, 0.15) is 18.1 Å². The topological polar surface area (TPSA) is 101 Å². The van der Waals surface area contributed by atoms with Crippen molar-refractivity contribution in [1.29, 1.82) is 0 Å². The summed E-state index contributed by atoms with van der Waals surface area (Å²) in [6, 6.07) is 13.4. The number of non-ortho nitro benzene ring substituents is 1. The molecule has 0 aliphatic rings. The van der Waals surface area contributed by atoms with E-state index in [4.69, 9.17) is 0 Å². The third-order valence-electron chi connectivity index (χ3n) is 3.60. The molecule has 0 aromatic heterocycles. The summed E-state index contributed by atoms with van der Waals surface area (Å²) in [5.74, 6) is -0.793. The molecule has 2 amide bonds. The number of carbonyl (C=O) groups excluding carboxylic acids is 2. The fraction of sp³-hybridized carbons (Fsp3) is 0.158. The lowest BCUT2D eigenvalue weighted by Gasteiger charge is -2.09. The third-order valence-corrected chi connectivity index (χ3v) is 3.60. The molecule has 0 aliphatic heterocycles. The second kappa shape index (κ2) is 9.12. The predicted octanol–water partition coefficient (Wildman–Crippen LogP) is 2.93. The van der Waals surface area contributed by atoms with Crippen molar-refractivity contribution in [2.75, 3.05) is 11.9 Å². The normalized spacial score (nSPS) is 10.5. The number of nitrogens with zero attached hydrogens (tertiary/aromatic N) is 1. The SMILES string of the molecule is CCc1ccccc1NC(=O)CNC(=O)/C=C/c1cccc([N+](=O)[O-])c1. The monoisotopic (exact) mass is 353 g/mol. The van der Waals surface area contributed by atoms with Gasteiger partial charge in [-0.25, -0.2) is 0 Å². The minimum absolute atomic E-state index is 0.0541. The Hall–Kier alpha value is -3.48. The van der Waals surface area contributed by atoms with Crippen LogP contribution in [-0.2, 0) is 16.0 Å². The first-order valence-electron chi connectivity index (χ1n) is 8.07. The lowest BCUT2D eigenvalue weighted by atomic mass is 10.1. The molecule has 26 heavy (non-hydrogen) atoms. The van der Waals surface area contributed by atoms with Gasteiger partial charge >= 0.3 is 0 Å². The maximum atomic E-state index is 12.0. The van der Waals surface area contributed by atoms with Crippen molar-refractivity contribution in [2.24, 2.45) is 0 Å². The van der Waals surface area contributed by atoms with Gasteiger partial charge in [-0.3, -0.25) is 19.7 Å². The number of nitrogens with one attached hydrogen (secondary N) is 2. The number of carbonyl (C=O) groups is 2. The summed E-state index contributed by atoms with van der Waals surface area (Å²) in [7, 11) is 0. The minimum atomic E-state index is -0.504. The quantitative estimate of drug-likeness (QED) is 0.454. The molecule has 7 nitrogen and oxygen atoms in total. The molecule has 2 aromatic carbocycles. The van der Waals surface area contributed by atoms with E-state index in [2.05, 4.69) is 10.6 Å². The molecule has 7 heteroatoms. The number of hydrogen-bond acceptors (Lipinski definition) is 4. The highest BCUT2D eigenvalue weighted by molar-refractivity contribution is 5.98. The number of benzene rings is 2. The van der Waals surface area contributed by atoms with E-state index < -0.39 is 10.8 Å². The van der Waals surface area contributed by atoms with Crippen LogP contribution in [0, 0.1) is 10.1 Å². The van der Waals surface area contributed by atoms with Gasteiger partial charge in [0, 0.05) is 23.9 Å². The molecule has 134 valence electrons. The average Bonchev–Trinajstić information content (AvgIpc) is 2.65. The standard InChI is InChI=1S/C19H19N3O4/c1-2-15-7-3-4-9-17(15)21-19(24)13-20-18(23)11-10-14-6-5-8-16(12-14)22(25)26/h3-12H,2,13H2,1H3,(H,20,23)(H,21,24)/b11-10+. The first kappa shape index (κ1) is 18.9. The predicted molar refractivity (Wildman–Crippen MR) is 99.6 cm³/mol. The highest BCUT2D eigenvalue weighted by atomic mass is 16.6. The van der Waals surface area contributed by atoms with Gasteiger partial charge in [-0.15, -0.1) is 0 Å². The summed E-state index contributed by atoms with van der Waals surface area (Å²) in [6.45, 7) is 1.82. The number of nitro groups is 1. The second-order valence-corrected chi connectivity index (χ2v) is 5.46. The van der Waals surface area contributed by atoms with Gasteiger partial charge in [-0.2, -0.15) is 0 Å². The highest BCUT2D eigenvalue weighted by Crippen LogP contribution is 2.15. The van der Waals surface area contributed by atoms with E-state index in [9.17, 15) is 19.7 Å². The Kier molecular flexibility index (Phi) is 6.61. The van der Waals surface area contributed by atoms with Gasteiger partial charge in [0.1, 0.15) is 0 Å². The first-order valence-corrected chi connectivity index (χ1v) is 8.07. The summed E-state index contributed by atoms with van der Waals surface area (Å²) in [6.07, 6.45) is 3.47. The van der Waals surface area contributed by atoms with Crippen molar-refractivity contribution in [2.45, 2.75) is 13.3 Å². The molecule has 0 radical (unpaired) electrons. The number of para-hydroxylation sites is 1. The molecule has 0 spiro atoms. The lowest BCUT2D eigenvalue weighted by Crippen LogP contribution is -2.31. The molecule has 0 atom stereocenters. The molecular formula is C19H19N3O4. The lowest BCUT2D eigenvalue weighted by molar-refractivity contribution is -0.384. The summed E-state index contributed by atoms with van der Waals surface area (Å²) < 4.78 is 0. The van der Waals surface area contributed by atoms with Crippen molar-refractivity contribution in [3.05, 3.63) is 75.8 Å². The molecule has 0 unspecified atom stereocenters. The summed E-state index contributed by atoms with van der Waals surface area (Å²) >= 11 is 0. The molecule has 0 heterocycles. The maximum absolute atomic E-state index is 12.0. The molecule has 0 fully saturated rings. The maximum Gasteiger partial charge on any atom is 0.270 e. The van der Waals surface area contributed by atoms with E-state index in [0.717, 1.165) is 17.7 Å². The van der Waals surface area contributed by atoms with Gasteiger partial charge in [-0.05, 0) is 29.7 Å². The molecule has 0 aliphatic carbocycles. The van der Waals surface area contributed by atoms with Crippen LogP contribution in [0.2, 0.25) is 0 Å². The highest BCUT2D eigenvalue weighted by Gasteiger charge is 2.07. The van der Waals surface area contributed by atoms with Gasteiger partial charge in [0.25, 0.3) is 5.69 Å². The van der Waals surface area contributed by atoms with Crippen LogP contribution in [-0.4, -0.2) is 23.3 Å². The van der Waals surface area contributed by atoms with Gasteiger partial charge in [0.2, 0.25) is 11.8 Å². The molecule has 2 rings (SSSR count). The van der Waals surface area contributed by atoms with E-state index >= 15 is 0 Å². The molecule has 2 N–H and O–H groups in total. The molecular weight excluding hydrogens is 334 g/mol. The smallest absolute Gasteiger partial charge is 0.270 e. The van der Waals surface area contributed by atoms with Crippen LogP contribution >= 0.6 is 0 Å².